The highest BCUT2D eigenvalue weighted by Crippen LogP contribution is 2.23. The van der Waals surface area contributed by atoms with Gasteiger partial charge in [0.25, 0.3) is 0 Å². The molecule has 0 aromatic carbocycles. The number of aryl methyl sites for hydroxylation is 1. The number of nitrogens with one attached hydrogen (secondary N) is 1. The van der Waals surface area contributed by atoms with Crippen LogP contribution in [0.1, 0.15) is 19.3 Å². The summed E-state index contributed by atoms with van der Waals surface area (Å²) in [5, 5.41) is 3.39. The largest absolute Gasteiger partial charge is 0.353 e. The van der Waals surface area contributed by atoms with Crippen molar-refractivity contribution >= 4 is 21.9 Å². The van der Waals surface area contributed by atoms with E-state index in [-0.39, 0.29) is 0 Å². The summed E-state index contributed by atoms with van der Waals surface area (Å²) >= 11 is 3.34. The van der Waals surface area contributed by atoms with Crippen molar-refractivity contribution in [1.29, 1.82) is 0 Å². The molecule has 0 atom stereocenters. The van der Waals surface area contributed by atoms with Gasteiger partial charge in [-0.15, -0.1) is 0 Å². The number of rotatable bonds is 2. The lowest BCUT2D eigenvalue weighted by molar-refractivity contribution is 0.442. The Morgan fingerprint density at radius 3 is 2.83 bits per heavy atom. The molecule has 1 aliphatic carbocycles. The van der Waals surface area contributed by atoms with E-state index in [0.29, 0.717) is 6.04 Å². The molecule has 12 heavy (non-hydrogen) atoms. The fraction of sp³-hybridized carbons (Fsp3) is 0.625. The van der Waals surface area contributed by atoms with Crippen molar-refractivity contribution in [3.8, 4) is 0 Å². The van der Waals surface area contributed by atoms with Gasteiger partial charge < -0.3 is 9.88 Å². The van der Waals surface area contributed by atoms with Crippen LogP contribution in [-0.2, 0) is 7.05 Å². The minimum absolute atomic E-state index is 0.651. The SMILES string of the molecule is Cn1cc(Br)nc1NC1CCC1. The van der Waals surface area contributed by atoms with Crippen molar-refractivity contribution in [2.24, 2.45) is 7.05 Å². The summed E-state index contributed by atoms with van der Waals surface area (Å²) in [6, 6.07) is 0.651. The Bertz CT molecular complexity index is 278. The third kappa shape index (κ3) is 1.48. The molecule has 0 radical (unpaired) electrons. The maximum atomic E-state index is 4.30. The lowest BCUT2D eigenvalue weighted by Gasteiger charge is -2.26. The monoisotopic (exact) mass is 229 g/mol. The van der Waals surface area contributed by atoms with Gasteiger partial charge in [0.15, 0.2) is 0 Å². The van der Waals surface area contributed by atoms with Gasteiger partial charge in [0.1, 0.15) is 4.60 Å². The average Bonchev–Trinajstić information content (AvgIpc) is 2.21. The molecule has 1 aromatic heterocycles. The van der Waals surface area contributed by atoms with Gasteiger partial charge >= 0.3 is 0 Å². The van der Waals surface area contributed by atoms with Crippen LogP contribution in [0.4, 0.5) is 5.95 Å². The first-order chi connectivity index (χ1) is 5.75. The lowest BCUT2D eigenvalue weighted by atomic mass is 9.93. The van der Waals surface area contributed by atoms with Crippen LogP contribution in [0.2, 0.25) is 0 Å². The Balaban J connectivity index is 2.05. The Hall–Kier alpha value is -0.510. The fourth-order valence-corrected chi connectivity index (χ4v) is 1.77. The molecule has 4 heteroatoms. The van der Waals surface area contributed by atoms with E-state index in [0.717, 1.165) is 10.6 Å². The number of halogens is 1. The number of hydrogen-bond donors (Lipinski definition) is 1. The van der Waals surface area contributed by atoms with Gasteiger partial charge in [0, 0.05) is 19.3 Å². The standard InChI is InChI=1S/C8H12BrN3/c1-12-5-7(9)11-8(12)10-6-3-2-4-6/h5-6H,2-4H2,1H3,(H,10,11). The summed E-state index contributed by atoms with van der Waals surface area (Å²) in [5.74, 6) is 0.964. The van der Waals surface area contributed by atoms with Gasteiger partial charge in [-0.25, -0.2) is 4.98 Å². The molecule has 3 nitrogen and oxygen atoms in total. The van der Waals surface area contributed by atoms with E-state index in [1.54, 1.807) is 0 Å². The second kappa shape index (κ2) is 3.09. The summed E-state index contributed by atoms with van der Waals surface area (Å²) in [4.78, 5) is 4.30. The minimum atomic E-state index is 0.651. The summed E-state index contributed by atoms with van der Waals surface area (Å²) in [5.41, 5.74) is 0. The van der Waals surface area contributed by atoms with E-state index in [1.807, 2.05) is 17.8 Å². The van der Waals surface area contributed by atoms with Crippen LogP contribution in [0, 0.1) is 0 Å². The molecule has 1 N–H and O–H groups in total. The van der Waals surface area contributed by atoms with Crippen molar-refractivity contribution in [2.75, 3.05) is 5.32 Å². The van der Waals surface area contributed by atoms with E-state index < -0.39 is 0 Å². The van der Waals surface area contributed by atoms with E-state index in [1.165, 1.54) is 19.3 Å². The quantitative estimate of drug-likeness (QED) is 0.843. The molecule has 0 amide bonds. The average molecular weight is 230 g/mol. The molecule has 1 aromatic rings. The molecule has 0 spiro atoms. The van der Waals surface area contributed by atoms with Crippen LogP contribution < -0.4 is 5.32 Å². The van der Waals surface area contributed by atoms with Crippen LogP contribution in [-0.4, -0.2) is 15.6 Å². The van der Waals surface area contributed by atoms with Crippen molar-refractivity contribution < 1.29 is 0 Å². The zero-order valence-electron chi connectivity index (χ0n) is 7.05. The van der Waals surface area contributed by atoms with Crippen molar-refractivity contribution in [3.05, 3.63) is 10.8 Å². The Morgan fingerprint density at radius 2 is 2.42 bits per heavy atom. The summed E-state index contributed by atoms with van der Waals surface area (Å²) in [7, 11) is 2.00. The van der Waals surface area contributed by atoms with Crippen LogP contribution in [0.5, 0.6) is 0 Å². The maximum Gasteiger partial charge on any atom is 0.203 e. The third-order valence-corrected chi connectivity index (χ3v) is 2.67. The molecule has 1 saturated carbocycles. The molecule has 0 aliphatic heterocycles. The van der Waals surface area contributed by atoms with Gasteiger partial charge in [-0.1, -0.05) is 0 Å². The van der Waals surface area contributed by atoms with Crippen LogP contribution in [0.25, 0.3) is 0 Å². The van der Waals surface area contributed by atoms with Gasteiger partial charge in [-0.3, -0.25) is 0 Å². The topological polar surface area (TPSA) is 29.9 Å². The highest BCUT2D eigenvalue weighted by molar-refractivity contribution is 9.10. The number of hydrogen-bond acceptors (Lipinski definition) is 2. The van der Waals surface area contributed by atoms with E-state index in [4.69, 9.17) is 0 Å². The van der Waals surface area contributed by atoms with Crippen LogP contribution in [0.3, 0.4) is 0 Å². The maximum absolute atomic E-state index is 4.30. The minimum Gasteiger partial charge on any atom is -0.353 e. The molecule has 2 rings (SSSR count). The molecule has 1 fully saturated rings. The first-order valence-electron chi connectivity index (χ1n) is 4.21. The Labute approximate surface area is 80.3 Å². The summed E-state index contributed by atoms with van der Waals surface area (Å²) in [6.07, 6.45) is 5.87. The zero-order valence-corrected chi connectivity index (χ0v) is 8.63. The first kappa shape index (κ1) is 8.10. The van der Waals surface area contributed by atoms with Crippen molar-refractivity contribution in [2.45, 2.75) is 25.3 Å². The van der Waals surface area contributed by atoms with E-state index >= 15 is 0 Å². The molecule has 66 valence electrons. The number of nitrogens with zero attached hydrogens (tertiary/aromatic N) is 2. The van der Waals surface area contributed by atoms with Gasteiger partial charge in [-0.2, -0.15) is 0 Å². The second-order valence-corrected chi connectivity index (χ2v) is 4.08. The number of imidazole rings is 1. The zero-order chi connectivity index (χ0) is 8.55. The number of anilines is 1. The molecule has 0 bridgehead atoms. The second-order valence-electron chi connectivity index (χ2n) is 3.27. The normalized spacial score (nSPS) is 17.5. The molecular formula is C8H12BrN3. The highest BCUT2D eigenvalue weighted by Gasteiger charge is 2.18. The molecule has 0 saturated heterocycles. The molecule has 1 heterocycles. The summed E-state index contributed by atoms with van der Waals surface area (Å²) < 4.78 is 2.90. The predicted octanol–water partition coefficient (Wildman–Crippen LogP) is 2.15. The molecule has 1 aliphatic rings. The van der Waals surface area contributed by atoms with Crippen molar-refractivity contribution in [1.82, 2.24) is 9.55 Å². The number of aromatic nitrogens is 2. The Kier molecular flexibility index (Phi) is 2.09. The molecular weight excluding hydrogens is 218 g/mol. The Morgan fingerprint density at radius 1 is 1.67 bits per heavy atom. The predicted molar refractivity (Wildman–Crippen MR) is 52.2 cm³/mol. The van der Waals surface area contributed by atoms with Crippen LogP contribution >= 0.6 is 15.9 Å². The summed E-state index contributed by atoms with van der Waals surface area (Å²) in [6.45, 7) is 0. The highest BCUT2D eigenvalue weighted by atomic mass is 79.9. The smallest absolute Gasteiger partial charge is 0.203 e. The first-order valence-corrected chi connectivity index (χ1v) is 5.00. The van der Waals surface area contributed by atoms with Crippen LogP contribution in [0.15, 0.2) is 10.8 Å². The van der Waals surface area contributed by atoms with E-state index in [9.17, 15) is 0 Å². The van der Waals surface area contributed by atoms with E-state index in [2.05, 4.69) is 26.2 Å². The van der Waals surface area contributed by atoms with Crippen molar-refractivity contribution in [3.63, 3.8) is 0 Å². The van der Waals surface area contributed by atoms with Gasteiger partial charge in [-0.05, 0) is 35.2 Å². The fourth-order valence-electron chi connectivity index (χ4n) is 1.30. The lowest BCUT2D eigenvalue weighted by Crippen LogP contribution is -2.28. The van der Waals surface area contributed by atoms with Gasteiger partial charge in [0.2, 0.25) is 5.95 Å². The van der Waals surface area contributed by atoms with Gasteiger partial charge in [0.05, 0.1) is 0 Å². The molecule has 0 unspecified atom stereocenters. The third-order valence-electron chi connectivity index (χ3n) is 2.29.